The van der Waals surface area contributed by atoms with Crippen molar-refractivity contribution in [3.05, 3.63) is 72.1 Å². The monoisotopic (exact) mass is 730 g/mol. The smallest absolute Gasteiger partial charge is 0.325 e. The average Bonchev–Trinajstić information content (AvgIpc) is 3.93. The summed E-state index contributed by atoms with van der Waals surface area (Å²) in [6.45, 7) is 0.269. The highest BCUT2D eigenvalue weighted by molar-refractivity contribution is 6.04. The molecule has 1 saturated carbocycles. The van der Waals surface area contributed by atoms with E-state index in [4.69, 9.17) is 9.97 Å². The molecule has 4 heterocycles. The second-order valence-corrected chi connectivity index (χ2v) is 13.6. The Morgan fingerprint density at radius 2 is 1.77 bits per heavy atom. The number of fused-ring (bicyclic) bond motifs is 1. The van der Waals surface area contributed by atoms with Gasteiger partial charge in [0.1, 0.15) is 24.0 Å². The molecule has 18 heteroatoms. The van der Waals surface area contributed by atoms with Gasteiger partial charge >= 0.3 is 12.1 Å². The molecule has 2 unspecified atom stereocenters. The number of aliphatic hydroxyl groups excluding tert-OH is 4. The molecule has 3 fully saturated rings. The molecule has 0 radical (unpaired) electrons. The van der Waals surface area contributed by atoms with Crippen LogP contribution in [-0.2, 0) is 17.8 Å². The number of phenols is 1. The average molecular weight is 731 g/mol. The molecule has 7 atom stereocenters. The molecule has 280 valence electrons. The molecule has 2 aliphatic heterocycles. The zero-order valence-corrected chi connectivity index (χ0v) is 28.6. The highest BCUT2D eigenvalue weighted by Gasteiger charge is 2.52. The summed E-state index contributed by atoms with van der Waals surface area (Å²) < 4.78 is 1.59. The van der Waals surface area contributed by atoms with E-state index < -0.39 is 54.9 Å². The number of rotatable bonds is 12. The first kappa shape index (κ1) is 35.8. The SMILES string of the molecule is O=C(NCc1cccc(O)c1)NC1CCN(c2nc(N[C@H](CO)Cc3ccccc3)c3ncn([C@@H]4C[C@H](N5C(=O)NC(CO)C5=O)[C@@H](O)[C@H]4O)c3n2)C1. The maximum absolute atomic E-state index is 12.9. The highest BCUT2D eigenvalue weighted by Crippen LogP contribution is 2.38. The quantitative estimate of drug-likeness (QED) is 0.0841. The number of amides is 5. The van der Waals surface area contributed by atoms with E-state index >= 15 is 0 Å². The molecule has 3 aliphatic rings. The van der Waals surface area contributed by atoms with Crippen LogP contribution < -0.4 is 26.2 Å². The van der Waals surface area contributed by atoms with Crippen LogP contribution in [0.25, 0.3) is 11.2 Å². The minimum Gasteiger partial charge on any atom is -0.508 e. The number of anilines is 2. The third kappa shape index (κ3) is 7.39. The normalized spacial score (nSPS) is 24.8. The molecule has 4 aromatic rings. The summed E-state index contributed by atoms with van der Waals surface area (Å²) >= 11 is 0. The number of hydrogen-bond donors (Lipinski definition) is 9. The summed E-state index contributed by atoms with van der Waals surface area (Å²) in [5.74, 6) is 0.0349. The molecule has 2 aromatic heterocycles. The number of urea groups is 2. The fourth-order valence-corrected chi connectivity index (χ4v) is 7.29. The maximum Gasteiger partial charge on any atom is 0.325 e. The van der Waals surface area contributed by atoms with E-state index in [0.29, 0.717) is 48.9 Å². The zero-order chi connectivity index (χ0) is 37.2. The van der Waals surface area contributed by atoms with E-state index in [-0.39, 0.29) is 37.4 Å². The lowest BCUT2D eigenvalue weighted by Crippen LogP contribution is -2.47. The van der Waals surface area contributed by atoms with Gasteiger partial charge in [0.25, 0.3) is 5.91 Å². The van der Waals surface area contributed by atoms with Gasteiger partial charge in [0.05, 0.1) is 37.7 Å². The van der Waals surface area contributed by atoms with Crippen LogP contribution in [0.15, 0.2) is 60.9 Å². The standard InChI is InChI=1S/C35H42N10O8/c46-16-22(11-19-5-2-1-3-6-19)38-30-27-31(44(18-37-27)25-13-26(29(50)28(25)49)45-32(51)24(17-47)40-35(45)53)42-33(41-30)43-10-9-21(15-43)39-34(52)36-14-20-7-4-8-23(48)12-20/h1-8,12,18,21-22,24-26,28-29,46-50H,9-11,13-17H2,(H,40,53)(H2,36,39,52)(H,38,41,42)/t21?,22-,24?,25+,26-,28-,29+/m0/s1. The van der Waals surface area contributed by atoms with Crippen molar-refractivity contribution < 1.29 is 39.9 Å². The fourth-order valence-electron chi connectivity index (χ4n) is 7.29. The number of aromatic hydroxyl groups is 1. The molecule has 0 bridgehead atoms. The molecular weight excluding hydrogens is 688 g/mol. The first-order valence-corrected chi connectivity index (χ1v) is 17.5. The van der Waals surface area contributed by atoms with Crippen LogP contribution in [0.4, 0.5) is 21.4 Å². The lowest BCUT2D eigenvalue weighted by molar-refractivity contribution is -0.131. The number of benzene rings is 2. The van der Waals surface area contributed by atoms with Gasteiger partial charge < -0.3 is 56.3 Å². The number of imidazole rings is 1. The second kappa shape index (κ2) is 15.2. The van der Waals surface area contributed by atoms with Crippen LogP contribution in [0.5, 0.6) is 5.75 Å². The minimum absolute atomic E-state index is 0.0199. The van der Waals surface area contributed by atoms with Gasteiger partial charge in [-0.15, -0.1) is 0 Å². The molecule has 0 spiro atoms. The molecule has 2 aromatic carbocycles. The van der Waals surface area contributed by atoms with Gasteiger partial charge in [0, 0.05) is 25.7 Å². The number of nitrogens with zero attached hydrogens (tertiary/aromatic N) is 6. The Kier molecular flexibility index (Phi) is 10.3. The van der Waals surface area contributed by atoms with Gasteiger partial charge in [-0.05, 0) is 42.5 Å². The summed E-state index contributed by atoms with van der Waals surface area (Å²) in [6, 6.07) is 11.3. The third-order valence-electron chi connectivity index (χ3n) is 10.0. The van der Waals surface area contributed by atoms with Crippen molar-refractivity contribution in [2.75, 3.05) is 36.5 Å². The van der Waals surface area contributed by atoms with Crippen molar-refractivity contribution in [2.45, 2.75) is 68.2 Å². The Labute approximate surface area is 303 Å². The summed E-state index contributed by atoms with van der Waals surface area (Å²) in [7, 11) is 0. The Morgan fingerprint density at radius 1 is 1.00 bits per heavy atom. The van der Waals surface area contributed by atoms with Crippen molar-refractivity contribution in [1.29, 1.82) is 0 Å². The molecule has 1 aliphatic carbocycles. The van der Waals surface area contributed by atoms with Crippen LogP contribution in [0, 0.1) is 0 Å². The molecule has 2 saturated heterocycles. The van der Waals surface area contributed by atoms with Gasteiger partial charge in [-0.1, -0.05) is 42.5 Å². The van der Waals surface area contributed by atoms with E-state index in [9.17, 15) is 39.9 Å². The molecule has 9 N–H and O–H groups in total. The van der Waals surface area contributed by atoms with Crippen LogP contribution in [0.1, 0.15) is 30.0 Å². The van der Waals surface area contributed by atoms with Crippen molar-refractivity contribution in [3.8, 4) is 5.75 Å². The van der Waals surface area contributed by atoms with E-state index in [1.54, 1.807) is 28.8 Å². The summed E-state index contributed by atoms with van der Waals surface area (Å²) in [6.07, 6.45) is -0.404. The van der Waals surface area contributed by atoms with Gasteiger partial charge in [0.15, 0.2) is 17.0 Å². The van der Waals surface area contributed by atoms with Crippen LogP contribution >= 0.6 is 0 Å². The largest absolute Gasteiger partial charge is 0.508 e. The Bertz CT molecular complexity index is 1960. The van der Waals surface area contributed by atoms with Crippen LogP contribution in [0.2, 0.25) is 0 Å². The number of carbonyl (C=O) groups is 3. The van der Waals surface area contributed by atoms with Gasteiger partial charge in [-0.2, -0.15) is 9.97 Å². The third-order valence-corrected chi connectivity index (χ3v) is 10.0. The first-order chi connectivity index (χ1) is 25.6. The topological polar surface area (TPSA) is 251 Å². The predicted octanol–water partition coefficient (Wildman–Crippen LogP) is -0.427. The van der Waals surface area contributed by atoms with Crippen molar-refractivity contribution in [1.82, 2.24) is 40.4 Å². The molecule has 53 heavy (non-hydrogen) atoms. The second-order valence-electron chi connectivity index (χ2n) is 13.6. The lowest BCUT2D eigenvalue weighted by Gasteiger charge is -2.24. The lowest BCUT2D eigenvalue weighted by atomic mass is 10.1. The summed E-state index contributed by atoms with van der Waals surface area (Å²) in [4.78, 5) is 55.3. The Morgan fingerprint density at radius 3 is 2.51 bits per heavy atom. The number of carbonyl (C=O) groups excluding carboxylic acids is 3. The van der Waals surface area contributed by atoms with Gasteiger partial charge in [-0.3, -0.25) is 9.69 Å². The highest BCUT2D eigenvalue weighted by atomic mass is 16.3. The first-order valence-electron chi connectivity index (χ1n) is 17.5. The Hall–Kier alpha value is -5.56. The zero-order valence-electron chi connectivity index (χ0n) is 28.6. The minimum atomic E-state index is -1.49. The molecule has 18 nitrogen and oxygen atoms in total. The van der Waals surface area contributed by atoms with Gasteiger partial charge in [-0.25, -0.2) is 14.6 Å². The molecule has 7 rings (SSSR count). The van der Waals surface area contributed by atoms with Crippen molar-refractivity contribution >= 4 is 40.9 Å². The molecule has 5 amide bonds. The molecular formula is C35H42N10O8. The van der Waals surface area contributed by atoms with Crippen LogP contribution in [-0.4, -0.2) is 131 Å². The van der Waals surface area contributed by atoms with E-state index in [2.05, 4.69) is 26.3 Å². The number of aliphatic hydroxyl groups is 4. The van der Waals surface area contributed by atoms with Crippen LogP contribution in [0.3, 0.4) is 0 Å². The van der Waals surface area contributed by atoms with Crippen molar-refractivity contribution in [2.24, 2.45) is 0 Å². The van der Waals surface area contributed by atoms with E-state index in [0.717, 1.165) is 16.0 Å². The maximum atomic E-state index is 12.9. The predicted molar refractivity (Wildman–Crippen MR) is 190 cm³/mol. The fraction of sp³-hybridized carbons (Fsp3) is 0.429. The number of hydrogen-bond acceptors (Lipinski definition) is 13. The van der Waals surface area contributed by atoms with E-state index in [1.807, 2.05) is 35.2 Å². The Balaban J connectivity index is 1.15. The number of aromatic nitrogens is 4. The van der Waals surface area contributed by atoms with Crippen molar-refractivity contribution in [3.63, 3.8) is 0 Å². The van der Waals surface area contributed by atoms with Gasteiger partial charge in [0.2, 0.25) is 5.95 Å². The summed E-state index contributed by atoms with van der Waals surface area (Å²) in [5.41, 5.74) is 2.37. The number of imide groups is 1. The summed E-state index contributed by atoms with van der Waals surface area (Å²) in [5, 5.41) is 63.5. The van der Waals surface area contributed by atoms with E-state index in [1.165, 1.54) is 6.33 Å². The number of phenolic OH excluding ortho intramolecular Hbond substituents is 1. The number of nitrogens with one attached hydrogen (secondary N) is 4.